The van der Waals surface area contributed by atoms with E-state index in [0.29, 0.717) is 22.0 Å². The molecule has 3 heterocycles. The van der Waals surface area contributed by atoms with Crippen LogP contribution < -0.4 is 4.72 Å². The van der Waals surface area contributed by atoms with E-state index >= 15 is 0 Å². The molecule has 0 amide bonds. The van der Waals surface area contributed by atoms with Crippen LogP contribution in [0.3, 0.4) is 0 Å². The van der Waals surface area contributed by atoms with Crippen LogP contribution in [-0.4, -0.2) is 30.2 Å². The van der Waals surface area contributed by atoms with Crippen molar-refractivity contribution in [1.29, 1.82) is 0 Å². The molecule has 3 atom stereocenters. The second-order valence-corrected chi connectivity index (χ2v) is 13.2. The lowest BCUT2D eigenvalue weighted by atomic mass is 9.94. The average molecular weight is 568 g/mol. The van der Waals surface area contributed by atoms with E-state index in [9.17, 15) is 22.5 Å². The number of nitrogens with one attached hydrogen (secondary N) is 1. The summed E-state index contributed by atoms with van der Waals surface area (Å²) >= 11 is 7.85. The van der Waals surface area contributed by atoms with Crippen LogP contribution in [0.5, 0.6) is 0 Å². The van der Waals surface area contributed by atoms with E-state index in [1.165, 1.54) is 23.6 Å². The third-order valence-corrected chi connectivity index (χ3v) is 8.97. The summed E-state index contributed by atoms with van der Waals surface area (Å²) in [4.78, 5) is 9.50. The van der Waals surface area contributed by atoms with Crippen molar-refractivity contribution in [3.05, 3.63) is 82.1 Å². The summed E-state index contributed by atoms with van der Waals surface area (Å²) in [6.45, 7) is 6.28. The molecule has 196 valence electrons. The van der Waals surface area contributed by atoms with Crippen molar-refractivity contribution < 1.29 is 22.5 Å². The fourth-order valence-electron chi connectivity index (χ4n) is 3.61. The Labute approximate surface area is 224 Å². The molecule has 0 aliphatic carbocycles. The molecule has 0 saturated heterocycles. The highest BCUT2D eigenvalue weighted by Gasteiger charge is 2.51. The van der Waals surface area contributed by atoms with Gasteiger partial charge in [0.05, 0.1) is 38.2 Å². The first-order chi connectivity index (χ1) is 17.2. The summed E-state index contributed by atoms with van der Waals surface area (Å²) in [5, 5.41) is 11.4. The Morgan fingerprint density at radius 2 is 1.76 bits per heavy atom. The lowest BCUT2D eigenvalue weighted by Crippen LogP contribution is -2.39. The number of aliphatic hydroxyl groups is 1. The maximum Gasteiger partial charge on any atom is 0.421 e. The molecule has 37 heavy (non-hydrogen) atoms. The quantitative estimate of drug-likeness (QED) is 0.265. The largest absolute Gasteiger partial charge is 0.421 e. The van der Waals surface area contributed by atoms with Crippen LogP contribution in [0.25, 0.3) is 21.3 Å². The van der Waals surface area contributed by atoms with Crippen LogP contribution in [0.15, 0.2) is 60.9 Å². The van der Waals surface area contributed by atoms with E-state index in [2.05, 4.69) is 14.7 Å². The topological polar surface area (TPSA) is 75.1 Å². The summed E-state index contributed by atoms with van der Waals surface area (Å²) in [5.41, 5.74) is -1.92. The van der Waals surface area contributed by atoms with Gasteiger partial charge in [0.25, 0.3) is 0 Å². The van der Waals surface area contributed by atoms with Gasteiger partial charge in [0.15, 0.2) is 5.60 Å². The summed E-state index contributed by atoms with van der Waals surface area (Å²) in [7, 11) is -1.45. The zero-order valence-corrected chi connectivity index (χ0v) is 22.8. The number of pyridine rings is 2. The fourth-order valence-corrected chi connectivity index (χ4v) is 5.96. The van der Waals surface area contributed by atoms with Crippen molar-refractivity contribution in [3.8, 4) is 11.3 Å². The Bertz CT molecular complexity index is 1470. The number of hydrogen-bond acceptors (Lipinski definition) is 5. The Hall–Kier alpha value is -2.37. The van der Waals surface area contributed by atoms with E-state index in [-0.39, 0.29) is 5.56 Å². The van der Waals surface area contributed by atoms with E-state index in [0.717, 1.165) is 28.0 Å². The Balaban J connectivity index is 1.84. The smallest absolute Gasteiger partial charge is 0.376 e. The monoisotopic (exact) mass is 567 g/mol. The number of rotatable bonds is 6. The maximum absolute atomic E-state index is 13.5. The minimum atomic E-state index is -4.85. The molecule has 0 bridgehead atoms. The fraction of sp³-hybridized carbons (Fsp3) is 0.308. The molecule has 5 nitrogen and oxygen atoms in total. The Morgan fingerprint density at radius 1 is 1.03 bits per heavy atom. The van der Waals surface area contributed by atoms with Crippen LogP contribution in [0.1, 0.15) is 49.9 Å². The van der Waals surface area contributed by atoms with Gasteiger partial charge in [0.1, 0.15) is 0 Å². The first-order valence-electron chi connectivity index (χ1n) is 11.3. The first-order valence-corrected chi connectivity index (χ1v) is 13.6. The molecule has 0 aliphatic heterocycles. The van der Waals surface area contributed by atoms with Gasteiger partial charge in [0, 0.05) is 27.5 Å². The highest BCUT2D eigenvalue weighted by molar-refractivity contribution is 7.84. The lowest BCUT2D eigenvalue weighted by molar-refractivity contribution is -0.258. The number of halogens is 4. The summed E-state index contributed by atoms with van der Waals surface area (Å²) in [6, 6.07) is 12.6. The van der Waals surface area contributed by atoms with Gasteiger partial charge in [-0.1, -0.05) is 29.8 Å². The molecule has 0 radical (unpaired) electrons. The molecule has 0 aliphatic rings. The first kappa shape index (κ1) is 27.7. The van der Waals surface area contributed by atoms with Crippen molar-refractivity contribution >= 4 is 44.0 Å². The highest BCUT2D eigenvalue weighted by Crippen LogP contribution is 2.42. The lowest BCUT2D eigenvalue weighted by Gasteiger charge is -2.26. The second kappa shape index (κ2) is 10.1. The number of fused-ring (bicyclic) bond motifs is 1. The molecule has 0 spiro atoms. The predicted molar refractivity (Wildman–Crippen MR) is 143 cm³/mol. The minimum absolute atomic E-state index is 0.291. The number of hydrogen-bond donors (Lipinski definition) is 2. The summed E-state index contributed by atoms with van der Waals surface area (Å²) in [5.74, 6) is 0. The minimum Gasteiger partial charge on any atom is -0.376 e. The molecule has 4 rings (SSSR count). The molecule has 0 saturated carbocycles. The SMILES string of the molecule is CC(C)(C)S(=O)NC(c1cc2cccc(-c3cc([C@@](C)(O)C(F)(F)F)ccn3)c2s1)c1ncccc1Cl. The van der Waals surface area contributed by atoms with E-state index < -0.39 is 33.6 Å². The van der Waals surface area contributed by atoms with Gasteiger partial charge in [-0.2, -0.15) is 13.2 Å². The normalized spacial score (nSPS) is 15.9. The van der Waals surface area contributed by atoms with Gasteiger partial charge < -0.3 is 5.11 Å². The molecule has 0 fully saturated rings. The maximum atomic E-state index is 13.5. The van der Waals surface area contributed by atoms with Gasteiger partial charge in [-0.05, 0) is 69.0 Å². The Morgan fingerprint density at radius 3 is 2.41 bits per heavy atom. The standard InChI is InChI=1S/C26H25ClF3N3O2S2/c1-24(2,3)37(35)33-22(21-18(27)9-6-11-32-21)20-13-15-7-5-8-17(23(15)36-20)19-14-16(10-12-31-19)25(4,34)26(28,29)30/h5-14,22,33-34H,1-4H3/t22?,25-,37?/m1/s1. The molecular weight excluding hydrogens is 543 g/mol. The van der Waals surface area contributed by atoms with Gasteiger partial charge in [0.2, 0.25) is 0 Å². The molecule has 3 aromatic heterocycles. The molecule has 1 aromatic carbocycles. The zero-order valence-electron chi connectivity index (χ0n) is 20.4. The third kappa shape index (κ3) is 5.58. The number of thiophene rings is 1. The van der Waals surface area contributed by atoms with Crippen molar-refractivity contribution in [3.63, 3.8) is 0 Å². The molecule has 2 unspecified atom stereocenters. The zero-order chi connectivity index (χ0) is 27.2. The molecule has 4 aromatic rings. The third-order valence-electron chi connectivity index (χ3n) is 5.84. The number of alkyl halides is 3. The van der Waals surface area contributed by atoms with Crippen molar-refractivity contribution in [1.82, 2.24) is 14.7 Å². The van der Waals surface area contributed by atoms with E-state index in [4.69, 9.17) is 11.6 Å². The van der Waals surface area contributed by atoms with Gasteiger partial charge >= 0.3 is 6.18 Å². The van der Waals surface area contributed by atoms with Crippen molar-refractivity contribution in [2.45, 2.75) is 50.3 Å². The van der Waals surface area contributed by atoms with Crippen molar-refractivity contribution in [2.75, 3.05) is 0 Å². The number of nitrogens with zero attached hydrogens (tertiary/aromatic N) is 2. The van der Waals surface area contributed by atoms with Crippen LogP contribution in [0.2, 0.25) is 5.02 Å². The number of aromatic nitrogens is 2. The van der Waals surface area contributed by atoms with Crippen LogP contribution >= 0.6 is 22.9 Å². The van der Waals surface area contributed by atoms with E-state index in [1.807, 2.05) is 32.9 Å². The van der Waals surface area contributed by atoms with Crippen LogP contribution in [-0.2, 0) is 16.6 Å². The van der Waals surface area contributed by atoms with E-state index in [1.54, 1.807) is 30.5 Å². The van der Waals surface area contributed by atoms with Crippen LogP contribution in [0, 0.1) is 0 Å². The summed E-state index contributed by atoms with van der Waals surface area (Å²) < 4.78 is 56.8. The predicted octanol–water partition coefficient (Wildman–Crippen LogP) is 6.92. The summed E-state index contributed by atoms with van der Waals surface area (Å²) in [6.07, 6.45) is -1.99. The second-order valence-electron chi connectivity index (χ2n) is 9.67. The Kier molecular flexibility index (Phi) is 7.53. The van der Waals surface area contributed by atoms with Gasteiger partial charge in [-0.15, -0.1) is 11.3 Å². The highest BCUT2D eigenvalue weighted by atomic mass is 35.5. The molecule has 2 N–H and O–H groups in total. The molecular formula is C26H25ClF3N3O2S2. The average Bonchev–Trinajstić information content (AvgIpc) is 3.26. The van der Waals surface area contributed by atoms with Crippen molar-refractivity contribution in [2.24, 2.45) is 0 Å². The number of benzene rings is 1. The van der Waals surface area contributed by atoms with Gasteiger partial charge in [-0.3, -0.25) is 9.97 Å². The van der Waals surface area contributed by atoms with Gasteiger partial charge in [-0.25, -0.2) is 8.93 Å². The van der Waals surface area contributed by atoms with Crippen LogP contribution in [0.4, 0.5) is 13.2 Å². The molecule has 11 heteroatoms.